The molecule has 30 heavy (non-hydrogen) atoms. The Morgan fingerprint density at radius 3 is 2.47 bits per heavy atom. The van der Waals surface area contributed by atoms with Crippen LogP contribution in [0.15, 0.2) is 53.5 Å². The molecule has 1 N–H and O–H groups in total. The average molecular weight is 405 g/mol. The molecule has 0 aliphatic carbocycles. The summed E-state index contributed by atoms with van der Waals surface area (Å²) in [6.07, 6.45) is 1.64. The predicted octanol–water partition coefficient (Wildman–Crippen LogP) is 3.79. The van der Waals surface area contributed by atoms with Crippen LogP contribution >= 0.6 is 0 Å². The fourth-order valence-corrected chi connectivity index (χ4v) is 3.19. The van der Waals surface area contributed by atoms with Gasteiger partial charge in [-0.2, -0.15) is 0 Å². The maximum Gasteiger partial charge on any atom is 0.338 e. The van der Waals surface area contributed by atoms with Crippen molar-refractivity contribution >= 4 is 23.8 Å². The zero-order valence-corrected chi connectivity index (χ0v) is 16.9. The first-order chi connectivity index (χ1) is 14.3. The molecule has 7 nitrogen and oxygen atoms in total. The summed E-state index contributed by atoms with van der Waals surface area (Å²) in [5.41, 5.74) is 4.21. The van der Waals surface area contributed by atoms with Crippen molar-refractivity contribution in [2.75, 3.05) is 6.61 Å². The smallest absolute Gasteiger partial charge is 0.338 e. The van der Waals surface area contributed by atoms with Crippen molar-refractivity contribution in [3.8, 4) is 11.4 Å². The van der Waals surface area contributed by atoms with Crippen LogP contribution in [0.5, 0.6) is 5.75 Å². The number of benzene rings is 2. The molecular weight excluding hydrogens is 384 g/mol. The number of rotatable bonds is 6. The molecule has 0 saturated carbocycles. The summed E-state index contributed by atoms with van der Waals surface area (Å²) in [5.74, 6) is -2.19. The molecule has 154 valence electrons. The second kappa shape index (κ2) is 8.65. The van der Waals surface area contributed by atoms with Gasteiger partial charge in [0.2, 0.25) is 0 Å². The monoisotopic (exact) mass is 405 g/mol. The van der Waals surface area contributed by atoms with Gasteiger partial charge in [-0.3, -0.25) is 4.99 Å². The Labute approximate surface area is 173 Å². The zero-order valence-electron chi connectivity index (χ0n) is 16.9. The summed E-state index contributed by atoms with van der Waals surface area (Å²) < 4.78 is 7.04. The topological polar surface area (TPSA) is 104 Å². The highest BCUT2D eigenvalue weighted by Crippen LogP contribution is 2.23. The molecule has 0 amide bonds. The molecule has 0 atom stereocenters. The molecule has 3 aromatic rings. The lowest BCUT2D eigenvalue weighted by atomic mass is 10.2. The number of aromatic nitrogens is 1. The van der Waals surface area contributed by atoms with E-state index in [2.05, 4.69) is 4.99 Å². The number of carbonyl (C=O) groups excluding carboxylic acids is 1. The SMILES string of the molecule is CCOC(=O)c1ccc(-n2c(C)cc(C=Nc3ccc([O-])c(C(=O)O)c3)c2C)cc1. The van der Waals surface area contributed by atoms with E-state index >= 15 is 0 Å². The van der Waals surface area contributed by atoms with E-state index in [-0.39, 0.29) is 11.5 Å². The Morgan fingerprint density at radius 2 is 1.83 bits per heavy atom. The Balaban J connectivity index is 1.89. The summed E-state index contributed by atoms with van der Waals surface area (Å²) in [7, 11) is 0. The van der Waals surface area contributed by atoms with E-state index in [1.54, 1.807) is 25.3 Å². The highest BCUT2D eigenvalue weighted by molar-refractivity contribution is 5.92. The summed E-state index contributed by atoms with van der Waals surface area (Å²) in [6.45, 7) is 5.99. The summed E-state index contributed by atoms with van der Waals surface area (Å²) >= 11 is 0. The van der Waals surface area contributed by atoms with E-state index in [0.717, 1.165) is 22.6 Å². The van der Waals surface area contributed by atoms with Crippen LogP contribution in [-0.2, 0) is 4.74 Å². The Morgan fingerprint density at radius 1 is 1.13 bits per heavy atom. The van der Waals surface area contributed by atoms with Gasteiger partial charge in [0.1, 0.15) is 0 Å². The van der Waals surface area contributed by atoms with E-state index in [1.165, 1.54) is 18.2 Å². The fraction of sp³-hybridized carbons (Fsp3) is 0.174. The number of esters is 1. The third kappa shape index (κ3) is 4.25. The largest absolute Gasteiger partial charge is 0.872 e. The van der Waals surface area contributed by atoms with Gasteiger partial charge >= 0.3 is 11.9 Å². The maximum atomic E-state index is 11.8. The molecular formula is C23H21N2O5-. The van der Waals surface area contributed by atoms with Gasteiger partial charge in [-0.15, -0.1) is 0 Å². The van der Waals surface area contributed by atoms with Crippen LogP contribution in [-0.4, -0.2) is 34.4 Å². The molecule has 0 unspecified atom stereocenters. The molecule has 0 aliphatic rings. The number of hydrogen-bond donors (Lipinski definition) is 1. The molecule has 1 heterocycles. The number of carbonyl (C=O) groups is 2. The zero-order chi connectivity index (χ0) is 21.8. The maximum absolute atomic E-state index is 11.8. The molecule has 0 spiro atoms. The van der Waals surface area contributed by atoms with Gasteiger partial charge in [0.15, 0.2) is 0 Å². The Bertz CT molecular complexity index is 1130. The number of carboxylic acid groups (broad SMARTS) is 1. The lowest BCUT2D eigenvalue weighted by Crippen LogP contribution is -2.05. The number of ether oxygens (including phenoxy) is 1. The molecule has 0 saturated heterocycles. The summed E-state index contributed by atoms with van der Waals surface area (Å²) in [4.78, 5) is 27.3. The van der Waals surface area contributed by atoms with Crippen LogP contribution in [0, 0.1) is 13.8 Å². The van der Waals surface area contributed by atoms with E-state index < -0.39 is 11.7 Å². The van der Waals surface area contributed by atoms with Gasteiger partial charge in [0.25, 0.3) is 0 Å². The Hall–Kier alpha value is -3.87. The minimum Gasteiger partial charge on any atom is -0.872 e. The van der Waals surface area contributed by atoms with Gasteiger partial charge in [0, 0.05) is 28.9 Å². The van der Waals surface area contributed by atoms with Crippen molar-refractivity contribution in [2.24, 2.45) is 4.99 Å². The first-order valence-corrected chi connectivity index (χ1v) is 9.36. The number of hydrogen-bond acceptors (Lipinski definition) is 5. The van der Waals surface area contributed by atoms with Gasteiger partial charge in [-0.05, 0) is 63.2 Å². The number of carboxylic acids is 1. The molecule has 0 bridgehead atoms. The molecule has 0 aliphatic heterocycles. The molecule has 2 aromatic carbocycles. The predicted molar refractivity (Wildman–Crippen MR) is 111 cm³/mol. The first kappa shape index (κ1) is 20.9. The van der Waals surface area contributed by atoms with Crippen LogP contribution in [0.4, 0.5) is 5.69 Å². The highest BCUT2D eigenvalue weighted by atomic mass is 16.5. The quantitative estimate of drug-likeness (QED) is 0.496. The van der Waals surface area contributed by atoms with Crippen LogP contribution in [0.3, 0.4) is 0 Å². The lowest BCUT2D eigenvalue weighted by Gasteiger charge is -2.10. The third-order valence-corrected chi connectivity index (χ3v) is 4.65. The van der Waals surface area contributed by atoms with Gasteiger partial charge in [0.05, 0.1) is 23.4 Å². The molecule has 3 rings (SSSR count). The van der Waals surface area contributed by atoms with Crippen molar-refractivity contribution in [2.45, 2.75) is 20.8 Å². The van der Waals surface area contributed by atoms with Crippen LogP contribution in [0.1, 0.15) is 44.6 Å². The van der Waals surface area contributed by atoms with Gasteiger partial charge in [-0.1, -0.05) is 11.8 Å². The minimum absolute atomic E-state index is 0.309. The third-order valence-electron chi connectivity index (χ3n) is 4.65. The van der Waals surface area contributed by atoms with Crippen LogP contribution in [0.25, 0.3) is 5.69 Å². The Kier molecular flexibility index (Phi) is 6.01. The van der Waals surface area contributed by atoms with Crippen LogP contribution in [0.2, 0.25) is 0 Å². The first-order valence-electron chi connectivity index (χ1n) is 9.36. The van der Waals surface area contributed by atoms with Crippen molar-refractivity contribution in [3.63, 3.8) is 0 Å². The standard InChI is InChI=1S/C23H22N2O5/c1-4-30-23(29)16-5-8-19(9-6-16)25-14(2)11-17(15(25)3)13-24-18-7-10-21(26)20(12-18)22(27)28/h5-13,26H,4H2,1-3H3,(H,27,28)/p-1. The minimum atomic E-state index is -1.28. The second-order valence-electron chi connectivity index (χ2n) is 6.67. The normalized spacial score (nSPS) is 11.0. The highest BCUT2D eigenvalue weighted by Gasteiger charge is 2.12. The van der Waals surface area contributed by atoms with Crippen molar-refractivity contribution in [3.05, 3.63) is 76.6 Å². The number of aromatic carboxylic acids is 1. The molecule has 0 fully saturated rings. The molecule has 0 radical (unpaired) electrons. The van der Waals surface area contributed by atoms with E-state index in [9.17, 15) is 14.7 Å². The number of nitrogens with zero attached hydrogens (tertiary/aromatic N) is 2. The van der Waals surface area contributed by atoms with E-state index in [0.29, 0.717) is 17.9 Å². The molecule has 1 aromatic heterocycles. The van der Waals surface area contributed by atoms with Crippen molar-refractivity contribution < 1.29 is 24.5 Å². The number of aliphatic imine (C=N–C) groups is 1. The van der Waals surface area contributed by atoms with Crippen molar-refractivity contribution in [1.82, 2.24) is 4.57 Å². The van der Waals surface area contributed by atoms with Crippen LogP contribution < -0.4 is 5.11 Å². The summed E-state index contributed by atoms with van der Waals surface area (Å²) in [6, 6.07) is 13.0. The van der Waals surface area contributed by atoms with E-state index in [4.69, 9.17) is 9.84 Å². The van der Waals surface area contributed by atoms with Gasteiger partial charge < -0.3 is 19.5 Å². The van der Waals surface area contributed by atoms with Gasteiger partial charge in [-0.25, -0.2) is 9.59 Å². The lowest BCUT2D eigenvalue weighted by molar-refractivity contribution is -0.268. The van der Waals surface area contributed by atoms with E-state index in [1.807, 2.05) is 36.6 Å². The second-order valence-corrected chi connectivity index (χ2v) is 6.67. The molecule has 7 heteroatoms. The average Bonchev–Trinajstić information content (AvgIpc) is 3.00. The summed E-state index contributed by atoms with van der Waals surface area (Å²) in [5, 5.41) is 20.7. The number of aryl methyl sites for hydroxylation is 1. The fourth-order valence-electron chi connectivity index (χ4n) is 3.19. The van der Waals surface area contributed by atoms with Crippen molar-refractivity contribution in [1.29, 1.82) is 0 Å².